The summed E-state index contributed by atoms with van der Waals surface area (Å²) < 4.78 is 24.1. The van der Waals surface area contributed by atoms with E-state index < -0.39 is 0 Å². The van der Waals surface area contributed by atoms with Gasteiger partial charge in [0.1, 0.15) is 5.82 Å². The van der Waals surface area contributed by atoms with Crippen LogP contribution in [0.5, 0.6) is 11.5 Å². The Morgan fingerprint density at radius 3 is 2.48 bits per heavy atom. The monoisotopic (exact) mass is 455 g/mol. The van der Waals surface area contributed by atoms with E-state index in [1.54, 1.807) is 26.4 Å². The molecular formula is C26H34FN3O3. The van der Waals surface area contributed by atoms with Crippen LogP contribution < -0.4 is 14.8 Å². The quantitative estimate of drug-likeness (QED) is 0.684. The van der Waals surface area contributed by atoms with Gasteiger partial charge in [0, 0.05) is 30.4 Å². The number of hydrogen-bond acceptors (Lipinski definition) is 5. The minimum absolute atomic E-state index is 0.0264. The van der Waals surface area contributed by atoms with Crippen LogP contribution in [-0.2, 0) is 11.3 Å². The fourth-order valence-corrected chi connectivity index (χ4v) is 5.36. The molecule has 2 aliphatic heterocycles. The minimum Gasteiger partial charge on any atom is -0.493 e. The molecule has 2 aromatic rings. The summed E-state index contributed by atoms with van der Waals surface area (Å²) in [5, 5.41) is 2.95. The van der Waals surface area contributed by atoms with Crippen LogP contribution in [-0.4, -0.2) is 62.7 Å². The molecule has 2 fully saturated rings. The number of likely N-dealkylation sites (tertiary alicyclic amines) is 2. The molecule has 6 nitrogen and oxygen atoms in total. The van der Waals surface area contributed by atoms with Gasteiger partial charge >= 0.3 is 0 Å². The van der Waals surface area contributed by atoms with E-state index in [-0.39, 0.29) is 17.6 Å². The van der Waals surface area contributed by atoms with E-state index in [1.165, 1.54) is 12.1 Å². The van der Waals surface area contributed by atoms with Crippen LogP contribution in [0.25, 0.3) is 0 Å². The number of benzene rings is 2. The van der Waals surface area contributed by atoms with Gasteiger partial charge in [0.25, 0.3) is 0 Å². The molecule has 1 amide bonds. The number of hydrogen-bond donors (Lipinski definition) is 1. The number of rotatable bonds is 7. The van der Waals surface area contributed by atoms with Crippen molar-refractivity contribution in [2.75, 3.05) is 46.2 Å². The Balaban J connectivity index is 1.30. The van der Waals surface area contributed by atoms with Crippen LogP contribution in [0.4, 0.5) is 10.1 Å². The summed E-state index contributed by atoms with van der Waals surface area (Å²) in [5.41, 5.74) is 1.79. The number of nitrogens with zero attached hydrogens (tertiary/aromatic N) is 2. The lowest BCUT2D eigenvalue weighted by Gasteiger charge is -2.37. The highest BCUT2D eigenvalue weighted by Crippen LogP contribution is 2.35. The van der Waals surface area contributed by atoms with Crippen LogP contribution in [0.2, 0.25) is 0 Å². The highest BCUT2D eigenvalue weighted by Gasteiger charge is 2.39. The van der Waals surface area contributed by atoms with E-state index >= 15 is 0 Å². The van der Waals surface area contributed by atoms with Crippen LogP contribution in [0.1, 0.15) is 24.8 Å². The molecule has 0 radical (unpaired) electrons. The van der Waals surface area contributed by atoms with Crippen LogP contribution in [0.15, 0.2) is 42.5 Å². The molecule has 0 spiro atoms. The lowest BCUT2D eigenvalue weighted by atomic mass is 9.86. The lowest BCUT2D eigenvalue weighted by molar-refractivity contribution is -0.119. The molecule has 33 heavy (non-hydrogen) atoms. The number of ether oxygens (including phenoxy) is 2. The number of methoxy groups -OCH3 is 2. The summed E-state index contributed by atoms with van der Waals surface area (Å²) in [7, 11) is 5.48. The Morgan fingerprint density at radius 2 is 1.82 bits per heavy atom. The molecular weight excluding hydrogens is 421 g/mol. The third-order valence-corrected chi connectivity index (χ3v) is 7.14. The van der Waals surface area contributed by atoms with E-state index in [1.807, 2.05) is 12.1 Å². The molecule has 7 heteroatoms. The SMILES string of the molecule is COc1cccc(CN2CCC([C@H]3C[C@@H](C(=O)Nc4ccc(F)cc4)CN3C)CC2)c1OC. The number of nitrogens with one attached hydrogen (secondary N) is 1. The molecule has 2 aliphatic rings. The Morgan fingerprint density at radius 1 is 1.09 bits per heavy atom. The van der Waals surface area contributed by atoms with Crippen molar-refractivity contribution in [3.05, 3.63) is 53.8 Å². The predicted octanol–water partition coefficient (Wildman–Crippen LogP) is 4.01. The number of carbonyl (C=O) groups excluding carboxylic acids is 1. The molecule has 1 N–H and O–H groups in total. The molecule has 0 aliphatic carbocycles. The standard InChI is InChI=1S/C26H34FN3O3/c1-29-16-20(26(31)28-22-9-7-21(27)8-10-22)15-23(29)18-11-13-30(14-12-18)17-19-5-4-6-24(32-2)25(19)33-3/h4-10,18,20,23H,11-17H2,1-3H3,(H,28,31)/t20-,23-/m1/s1. The van der Waals surface area contributed by atoms with Gasteiger partial charge < -0.3 is 19.7 Å². The van der Waals surface area contributed by atoms with Crippen molar-refractivity contribution >= 4 is 11.6 Å². The minimum atomic E-state index is -0.301. The molecule has 2 heterocycles. The van der Waals surface area contributed by atoms with Gasteiger partial charge in [-0.2, -0.15) is 0 Å². The van der Waals surface area contributed by atoms with Crippen LogP contribution in [0, 0.1) is 17.7 Å². The molecule has 178 valence electrons. The van der Waals surface area contributed by atoms with Crippen molar-refractivity contribution in [1.82, 2.24) is 9.80 Å². The first-order valence-corrected chi connectivity index (χ1v) is 11.7. The van der Waals surface area contributed by atoms with Gasteiger partial charge in [0.05, 0.1) is 20.1 Å². The molecule has 2 aromatic carbocycles. The number of amides is 1. The van der Waals surface area contributed by atoms with Crippen LogP contribution >= 0.6 is 0 Å². The average Bonchev–Trinajstić information content (AvgIpc) is 3.22. The highest BCUT2D eigenvalue weighted by atomic mass is 19.1. The summed E-state index contributed by atoms with van der Waals surface area (Å²) in [6.07, 6.45) is 3.11. The van der Waals surface area contributed by atoms with Gasteiger partial charge in [-0.1, -0.05) is 12.1 Å². The Hall–Kier alpha value is -2.64. The second kappa shape index (κ2) is 10.5. The van der Waals surface area contributed by atoms with Crippen molar-refractivity contribution in [1.29, 1.82) is 0 Å². The molecule has 0 bridgehead atoms. The maximum Gasteiger partial charge on any atom is 0.228 e. The van der Waals surface area contributed by atoms with Gasteiger partial charge in [-0.3, -0.25) is 9.69 Å². The number of anilines is 1. The van der Waals surface area contributed by atoms with Crippen LogP contribution in [0.3, 0.4) is 0 Å². The normalized spacial score (nSPS) is 22.3. The fraction of sp³-hybridized carbons (Fsp3) is 0.500. The Bertz CT molecular complexity index is 944. The van der Waals surface area contributed by atoms with Gasteiger partial charge in [-0.05, 0) is 75.6 Å². The summed E-state index contributed by atoms with van der Waals surface area (Å²) in [6.45, 7) is 3.67. The summed E-state index contributed by atoms with van der Waals surface area (Å²) >= 11 is 0. The molecule has 4 rings (SSSR count). The van der Waals surface area contributed by atoms with E-state index in [0.29, 0.717) is 17.6 Å². The number of halogens is 1. The summed E-state index contributed by atoms with van der Waals surface area (Å²) in [4.78, 5) is 17.6. The average molecular weight is 456 g/mol. The third-order valence-electron chi connectivity index (χ3n) is 7.14. The zero-order chi connectivity index (χ0) is 23.4. The first kappa shape index (κ1) is 23.5. The summed E-state index contributed by atoms with van der Waals surface area (Å²) in [6, 6.07) is 12.4. The smallest absolute Gasteiger partial charge is 0.228 e. The van der Waals surface area contributed by atoms with Crippen molar-refractivity contribution in [2.24, 2.45) is 11.8 Å². The van der Waals surface area contributed by atoms with E-state index in [0.717, 1.165) is 62.5 Å². The predicted molar refractivity (Wildman–Crippen MR) is 127 cm³/mol. The van der Waals surface area contributed by atoms with Crippen molar-refractivity contribution < 1.29 is 18.7 Å². The van der Waals surface area contributed by atoms with Gasteiger partial charge in [-0.25, -0.2) is 4.39 Å². The second-order valence-corrected chi connectivity index (χ2v) is 9.20. The van der Waals surface area contributed by atoms with Gasteiger partial charge in [-0.15, -0.1) is 0 Å². The van der Waals surface area contributed by atoms with Crippen molar-refractivity contribution in [3.8, 4) is 11.5 Å². The molecule has 0 aromatic heterocycles. The largest absolute Gasteiger partial charge is 0.493 e. The number of para-hydroxylation sites is 1. The highest BCUT2D eigenvalue weighted by molar-refractivity contribution is 5.92. The van der Waals surface area contributed by atoms with Crippen molar-refractivity contribution in [3.63, 3.8) is 0 Å². The zero-order valence-electron chi connectivity index (χ0n) is 19.7. The molecule has 2 atom stereocenters. The van der Waals surface area contributed by atoms with E-state index in [9.17, 15) is 9.18 Å². The zero-order valence-corrected chi connectivity index (χ0v) is 19.7. The number of piperidine rings is 1. The third kappa shape index (κ3) is 5.47. The number of carbonyl (C=O) groups is 1. The summed E-state index contributed by atoms with van der Waals surface area (Å²) in [5.74, 6) is 1.85. The Labute approximate surface area is 195 Å². The second-order valence-electron chi connectivity index (χ2n) is 9.20. The maximum absolute atomic E-state index is 13.1. The van der Waals surface area contributed by atoms with E-state index in [4.69, 9.17) is 9.47 Å². The maximum atomic E-state index is 13.1. The molecule has 0 unspecified atom stereocenters. The topological polar surface area (TPSA) is 54.0 Å². The van der Waals surface area contributed by atoms with Gasteiger partial charge in [0.15, 0.2) is 11.5 Å². The van der Waals surface area contributed by atoms with E-state index in [2.05, 4.69) is 28.2 Å². The van der Waals surface area contributed by atoms with Crippen molar-refractivity contribution in [2.45, 2.75) is 31.8 Å². The first-order chi connectivity index (χ1) is 16.0. The lowest BCUT2D eigenvalue weighted by Crippen LogP contribution is -2.41. The first-order valence-electron chi connectivity index (χ1n) is 11.7. The van der Waals surface area contributed by atoms with Gasteiger partial charge in [0.2, 0.25) is 5.91 Å². The molecule has 0 saturated carbocycles. The molecule has 2 saturated heterocycles. The Kier molecular flexibility index (Phi) is 7.50. The fourth-order valence-electron chi connectivity index (χ4n) is 5.36.